The van der Waals surface area contributed by atoms with Gasteiger partial charge in [-0.2, -0.15) is 0 Å². The van der Waals surface area contributed by atoms with Crippen molar-refractivity contribution in [1.82, 2.24) is 5.32 Å². The lowest BCUT2D eigenvalue weighted by Crippen LogP contribution is -2.29. The van der Waals surface area contributed by atoms with Gasteiger partial charge in [-0.1, -0.05) is 6.92 Å². The third kappa shape index (κ3) is 2.92. The van der Waals surface area contributed by atoms with Gasteiger partial charge in [0.15, 0.2) is 11.6 Å². The van der Waals surface area contributed by atoms with E-state index in [2.05, 4.69) is 5.32 Å². The second-order valence-electron chi connectivity index (χ2n) is 3.99. The molecule has 0 aliphatic heterocycles. The Morgan fingerprint density at radius 1 is 1.35 bits per heavy atom. The molecule has 0 aromatic heterocycles. The molecule has 0 saturated heterocycles. The van der Waals surface area contributed by atoms with E-state index in [0.29, 0.717) is 6.54 Å². The summed E-state index contributed by atoms with van der Waals surface area (Å²) in [5, 5.41) is 2.95. The van der Waals surface area contributed by atoms with Crippen molar-refractivity contribution in [2.75, 3.05) is 20.7 Å². The van der Waals surface area contributed by atoms with Crippen LogP contribution in [-0.2, 0) is 0 Å². The van der Waals surface area contributed by atoms with Gasteiger partial charge in [0.25, 0.3) is 0 Å². The van der Waals surface area contributed by atoms with Crippen LogP contribution in [0.1, 0.15) is 18.5 Å². The van der Waals surface area contributed by atoms with Crippen LogP contribution >= 0.6 is 0 Å². The number of ether oxygens (including phenoxy) is 1. The molecule has 0 bridgehead atoms. The lowest BCUT2D eigenvalue weighted by Gasteiger charge is -2.23. The number of methoxy groups -OCH3 is 1. The number of nitrogens with one attached hydrogen (secondary N) is 1. The zero-order chi connectivity index (χ0) is 13.0. The fourth-order valence-corrected chi connectivity index (χ4v) is 1.82. The molecular weight excluding hydrogens is 226 g/mol. The molecule has 2 atom stereocenters. The third-order valence-corrected chi connectivity index (χ3v) is 2.86. The lowest BCUT2D eigenvalue weighted by atomic mass is 9.94. The first-order valence-electron chi connectivity index (χ1n) is 5.45. The Bertz CT molecular complexity index is 385. The Hall–Kier alpha value is -1.20. The second-order valence-corrected chi connectivity index (χ2v) is 3.99. The standard InChI is InChI=1S/C12H18F2N2O/c1-7(6-15)12(16-2)8-4-10(14)11(17-3)5-9(8)13/h4-5,7,12,16H,6,15H2,1-3H3. The van der Waals surface area contributed by atoms with E-state index in [9.17, 15) is 8.78 Å². The van der Waals surface area contributed by atoms with E-state index < -0.39 is 11.6 Å². The minimum atomic E-state index is -0.576. The van der Waals surface area contributed by atoms with E-state index in [-0.39, 0.29) is 23.3 Å². The molecule has 0 saturated carbocycles. The molecule has 0 heterocycles. The highest BCUT2D eigenvalue weighted by atomic mass is 19.1. The van der Waals surface area contributed by atoms with Gasteiger partial charge in [-0.25, -0.2) is 8.78 Å². The zero-order valence-corrected chi connectivity index (χ0v) is 10.3. The SMILES string of the molecule is CNC(c1cc(F)c(OC)cc1F)C(C)CN. The van der Waals surface area contributed by atoms with E-state index in [0.717, 1.165) is 12.1 Å². The van der Waals surface area contributed by atoms with Crippen LogP contribution in [0.15, 0.2) is 12.1 Å². The second kappa shape index (κ2) is 5.93. The molecule has 1 rings (SSSR count). The molecule has 0 spiro atoms. The Kier molecular flexibility index (Phi) is 4.84. The number of nitrogens with two attached hydrogens (primary N) is 1. The van der Waals surface area contributed by atoms with Crippen molar-refractivity contribution in [2.45, 2.75) is 13.0 Å². The Balaban J connectivity index is 3.16. The fraction of sp³-hybridized carbons (Fsp3) is 0.500. The minimum absolute atomic E-state index is 0.00212. The monoisotopic (exact) mass is 244 g/mol. The van der Waals surface area contributed by atoms with Gasteiger partial charge >= 0.3 is 0 Å². The Labute approximate surface area is 100.0 Å². The van der Waals surface area contributed by atoms with Crippen molar-refractivity contribution in [3.8, 4) is 5.75 Å². The van der Waals surface area contributed by atoms with E-state index >= 15 is 0 Å². The molecule has 0 radical (unpaired) electrons. The van der Waals surface area contributed by atoms with Gasteiger partial charge in [-0.3, -0.25) is 0 Å². The zero-order valence-electron chi connectivity index (χ0n) is 10.3. The van der Waals surface area contributed by atoms with Gasteiger partial charge in [0.1, 0.15) is 5.82 Å². The Morgan fingerprint density at radius 3 is 2.47 bits per heavy atom. The smallest absolute Gasteiger partial charge is 0.165 e. The molecule has 0 aliphatic rings. The average Bonchev–Trinajstić information content (AvgIpc) is 2.33. The first kappa shape index (κ1) is 13.9. The molecule has 3 nitrogen and oxygen atoms in total. The summed E-state index contributed by atoms with van der Waals surface area (Å²) in [7, 11) is 2.99. The van der Waals surface area contributed by atoms with Crippen LogP contribution in [0.25, 0.3) is 0 Å². The largest absolute Gasteiger partial charge is 0.494 e. The van der Waals surface area contributed by atoms with E-state index in [4.69, 9.17) is 10.5 Å². The van der Waals surface area contributed by atoms with Gasteiger partial charge in [-0.05, 0) is 25.6 Å². The molecule has 17 heavy (non-hydrogen) atoms. The predicted molar refractivity (Wildman–Crippen MR) is 62.9 cm³/mol. The number of benzene rings is 1. The van der Waals surface area contributed by atoms with Crippen molar-refractivity contribution >= 4 is 0 Å². The van der Waals surface area contributed by atoms with Crippen LogP contribution in [0.4, 0.5) is 8.78 Å². The first-order chi connectivity index (χ1) is 8.04. The summed E-state index contributed by atoms with van der Waals surface area (Å²) >= 11 is 0. The Morgan fingerprint density at radius 2 is 2.00 bits per heavy atom. The summed E-state index contributed by atoms with van der Waals surface area (Å²) in [4.78, 5) is 0. The van der Waals surface area contributed by atoms with Crippen molar-refractivity contribution in [1.29, 1.82) is 0 Å². The fourth-order valence-electron chi connectivity index (χ4n) is 1.82. The number of hydrogen-bond acceptors (Lipinski definition) is 3. The summed E-state index contributed by atoms with van der Waals surface area (Å²) < 4.78 is 32.1. The highest BCUT2D eigenvalue weighted by Gasteiger charge is 2.22. The summed E-state index contributed by atoms with van der Waals surface area (Å²) in [6.07, 6.45) is 0. The van der Waals surface area contributed by atoms with Crippen LogP contribution in [-0.4, -0.2) is 20.7 Å². The van der Waals surface area contributed by atoms with Crippen LogP contribution in [0.2, 0.25) is 0 Å². The molecule has 3 N–H and O–H groups in total. The van der Waals surface area contributed by atoms with E-state index in [1.165, 1.54) is 7.11 Å². The van der Waals surface area contributed by atoms with Gasteiger partial charge in [0.2, 0.25) is 0 Å². The van der Waals surface area contributed by atoms with Gasteiger partial charge in [0.05, 0.1) is 7.11 Å². The molecular formula is C12H18F2N2O. The maximum atomic E-state index is 13.8. The highest BCUT2D eigenvalue weighted by Crippen LogP contribution is 2.28. The normalized spacial score (nSPS) is 14.5. The first-order valence-corrected chi connectivity index (χ1v) is 5.45. The molecule has 96 valence electrons. The van der Waals surface area contributed by atoms with Crippen LogP contribution in [0.5, 0.6) is 5.75 Å². The summed E-state index contributed by atoms with van der Waals surface area (Å²) in [6, 6.07) is 1.89. The van der Waals surface area contributed by atoms with Crippen molar-refractivity contribution in [3.63, 3.8) is 0 Å². The molecule has 0 fully saturated rings. The molecule has 2 unspecified atom stereocenters. The summed E-state index contributed by atoms with van der Waals surface area (Å²) in [6.45, 7) is 2.27. The molecule has 0 aliphatic carbocycles. The van der Waals surface area contributed by atoms with Gasteiger partial charge < -0.3 is 15.8 Å². The van der Waals surface area contributed by atoms with Gasteiger partial charge in [0, 0.05) is 17.7 Å². The topological polar surface area (TPSA) is 47.3 Å². The number of hydrogen-bond donors (Lipinski definition) is 2. The molecule has 1 aromatic carbocycles. The summed E-state index contributed by atoms with van der Waals surface area (Å²) in [5.74, 6) is -1.17. The highest BCUT2D eigenvalue weighted by molar-refractivity contribution is 5.33. The maximum absolute atomic E-state index is 13.8. The molecule has 0 amide bonds. The van der Waals surface area contributed by atoms with Crippen molar-refractivity contribution < 1.29 is 13.5 Å². The minimum Gasteiger partial charge on any atom is -0.494 e. The third-order valence-electron chi connectivity index (χ3n) is 2.86. The molecule has 5 heteroatoms. The van der Waals surface area contributed by atoms with E-state index in [1.807, 2.05) is 6.92 Å². The number of rotatable bonds is 5. The quantitative estimate of drug-likeness (QED) is 0.830. The average molecular weight is 244 g/mol. The summed E-state index contributed by atoms with van der Waals surface area (Å²) in [5.41, 5.74) is 5.82. The van der Waals surface area contributed by atoms with Crippen molar-refractivity contribution in [2.24, 2.45) is 11.7 Å². The molecule has 1 aromatic rings. The maximum Gasteiger partial charge on any atom is 0.165 e. The van der Waals surface area contributed by atoms with Gasteiger partial charge in [-0.15, -0.1) is 0 Å². The lowest BCUT2D eigenvalue weighted by molar-refractivity contribution is 0.372. The van der Waals surface area contributed by atoms with Crippen molar-refractivity contribution in [3.05, 3.63) is 29.3 Å². The van der Waals surface area contributed by atoms with Crippen LogP contribution < -0.4 is 15.8 Å². The predicted octanol–water partition coefficient (Wildman–Crippen LogP) is 1.83. The van der Waals surface area contributed by atoms with E-state index in [1.54, 1.807) is 7.05 Å². The van der Waals surface area contributed by atoms with Crippen LogP contribution in [0, 0.1) is 17.6 Å². The van der Waals surface area contributed by atoms with Crippen LogP contribution in [0.3, 0.4) is 0 Å². The number of halogens is 2.